The fourth-order valence-electron chi connectivity index (χ4n) is 0.706. The number of nitrogens with two attached hydrogens (primary N) is 1. The van der Waals surface area contributed by atoms with Crippen LogP contribution in [0.4, 0.5) is 0 Å². The molecule has 0 fully saturated rings. The van der Waals surface area contributed by atoms with Gasteiger partial charge >= 0.3 is 0 Å². The van der Waals surface area contributed by atoms with Crippen molar-refractivity contribution in [1.82, 2.24) is 0 Å². The van der Waals surface area contributed by atoms with E-state index in [0.29, 0.717) is 6.42 Å². The third-order valence-corrected chi connectivity index (χ3v) is 1.51. The van der Waals surface area contributed by atoms with Crippen LogP contribution in [0.2, 0.25) is 0 Å². The van der Waals surface area contributed by atoms with Crippen LogP contribution in [0.15, 0.2) is 36.1 Å². The molecule has 0 radical (unpaired) electrons. The predicted molar refractivity (Wildman–Crippen MR) is 75.2 cm³/mol. The lowest BCUT2D eigenvalue weighted by molar-refractivity contribution is 0.300. The summed E-state index contributed by atoms with van der Waals surface area (Å²) in [5, 5.41) is 8.57. The van der Waals surface area contributed by atoms with E-state index in [1.54, 1.807) is 6.20 Å². The van der Waals surface area contributed by atoms with Gasteiger partial charge < -0.3 is 10.8 Å². The molecule has 0 aromatic rings. The molecule has 0 heterocycles. The third kappa shape index (κ3) is 18.7. The zero-order chi connectivity index (χ0) is 13.4. The molecular formula is C14H29NO. The standard InChI is InChI=1S/C10H17NO.2C2H6/c1-9(6-7-12)4-3-5-10(2)8-11;2*1-2/h3-4,8,12H,1,5-7,11H2,2H3;2*1-2H3/b4-3-,10-8+;;. The molecule has 3 N–H and O–H groups in total. The van der Waals surface area contributed by atoms with Crippen molar-refractivity contribution in [3.05, 3.63) is 36.1 Å². The maximum Gasteiger partial charge on any atom is 0.0471 e. The zero-order valence-electron chi connectivity index (χ0n) is 11.6. The molecule has 0 atom stereocenters. The molecule has 16 heavy (non-hydrogen) atoms. The summed E-state index contributed by atoms with van der Waals surface area (Å²) in [6.07, 6.45) is 7.00. The first-order valence-corrected chi connectivity index (χ1v) is 6.03. The van der Waals surface area contributed by atoms with Gasteiger partial charge in [0.05, 0.1) is 0 Å². The monoisotopic (exact) mass is 227 g/mol. The van der Waals surface area contributed by atoms with E-state index in [2.05, 4.69) is 6.58 Å². The second-order valence-electron chi connectivity index (χ2n) is 2.75. The molecule has 2 nitrogen and oxygen atoms in total. The van der Waals surface area contributed by atoms with Crippen molar-refractivity contribution in [3.8, 4) is 0 Å². The van der Waals surface area contributed by atoms with Gasteiger partial charge in [-0.2, -0.15) is 0 Å². The highest BCUT2D eigenvalue weighted by Crippen LogP contribution is 2.03. The second kappa shape index (κ2) is 19.5. The highest BCUT2D eigenvalue weighted by atomic mass is 16.2. The van der Waals surface area contributed by atoms with Crippen molar-refractivity contribution in [2.24, 2.45) is 5.73 Å². The third-order valence-electron chi connectivity index (χ3n) is 1.51. The Morgan fingerprint density at radius 1 is 1.25 bits per heavy atom. The van der Waals surface area contributed by atoms with Crippen molar-refractivity contribution in [3.63, 3.8) is 0 Å². The van der Waals surface area contributed by atoms with Crippen molar-refractivity contribution >= 4 is 0 Å². The Morgan fingerprint density at radius 2 is 1.75 bits per heavy atom. The number of aliphatic hydroxyl groups excluding tert-OH is 1. The van der Waals surface area contributed by atoms with E-state index in [4.69, 9.17) is 10.8 Å². The maximum atomic E-state index is 8.57. The molecule has 2 heteroatoms. The van der Waals surface area contributed by atoms with Crippen molar-refractivity contribution in [2.75, 3.05) is 6.61 Å². The number of hydrogen-bond acceptors (Lipinski definition) is 2. The highest BCUT2D eigenvalue weighted by Gasteiger charge is 1.86. The molecule has 0 saturated carbocycles. The fourth-order valence-corrected chi connectivity index (χ4v) is 0.706. The van der Waals surface area contributed by atoms with Crippen LogP contribution in [-0.4, -0.2) is 11.7 Å². The summed E-state index contributed by atoms with van der Waals surface area (Å²) in [4.78, 5) is 0. The Bertz CT molecular complexity index is 193. The van der Waals surface area contributed by atoms with Gasteiger partial charge in [0.1, 0.15) is 0 Å². The summed E-state index contributed by atoms with van der Waals surface area (Å²) in [7, 11) is 0. The molecule has 0 bridgehead atoms. The van der Waals surface area contributed by atoms with Crippen LogP contribution in [0.3, 0.4) is 0 Å². The molecule has 0 saturated heterocycles. The van der Waals surface area contributed by atoms with Gasteiger partial charge in [-0.05, 0) is 26.0 Å². The van der Waals surface area contributed by atoms with Crippen LogP contribution >= 0.6 is 0 Å². The number of aliphatic hydroxyl groups is 1. The largest absolute Gasteiger partial charge is 0.405 e. The van der Waals surface area contributed by atoms with Crippen LogP contribution in [-0.2, 0) is 0 Å². The maximum absolute atomic E-state index is 8.57. The minimum absolute atomic E-state index is 0.162. The highest BCUT2D eigenvalue weighted by molar-refractivity contribution is 5.16. The molecule has 0 aromatic heterocycles. The smallest absolute Gasteiger partial charge is 0.0471 e. The van der Waals surface area contributed by atoms with Crippen LogP contribution in [0, 0.1) is 0 Å². The van der Waals surface area contributed by atoms with Crippen LogP contribution in [0.1, 0.15) is 47.5 Å². The van der Waals surface area contributed by atoms with E-state index in [0.717, 1.165) is 17.6 Å². The Labute approximate surface area is 102 Å². The average Bonchev–Trinajstić information content (AvgIpc) is 2.34. The van der Waals surface area contributed by atoms with E-state index in [9.17, 15) is 0 Å². The summed E-state index contributed by atoms with van der Waals surface area (Å²) in [5.41, 5.74) is 7.36. The summed E-state index contributed by atoms with van der Waals surface area (Å²) in [6, 6.07) is 0. The van der Waals surface area contributed by atoms with Gasteiger partial charge in [0.25, 0.3) is 0 Å². The van der Waals surface area contributed by atoms with E-state index >= 15 is 0 Å². The second-order valence-corrected chi connectivity index (χ2v) is 2.75. The first kappa shape index (κ1) is 20.4. The van der Waals surface area contributed by atoms with E-state index < -0.39 is 0 Å². The van der Waals surface area contributed by atoms with Crippen LogP contribution in [0.5, 0.6) is 0 Å². The van der Waals surface area contributed by atoms with E-state index in [1.165, 1.54) is 0 Å². The first-order chi connectivity index (χ1) is 7.70. The summed E-state index contributed by atoms with van der Waals surface area (Å²) < 4.78 is 0. The normalized spacial score (nSPS) is 10.0. The van der Waals surface area contributed by atoms with Crippen LogP contribution < -0.4 is 5.73 Å². The topological polar surface area (TPSA) is 46.2 Å². The summed E-state index contributed by atoms with van der Waals surface area (Å²) in [5.74, 6) is 0. The SMILES string of the molecule is C=C(/C=C\C/C(C)=C/N)CCO.CC.CC. The Balaban J connectivity index is -0.000000376. The zero-order valence-corrected chi connectivity index (χ0v) is 11.6. The van der Waals surface area contributed by atoms with Gasteiger partial charge in [0.15, 0.2) is 0 Å². The minimum Gasteiger partial charge on any atom is -0.405 e. The summed E-state index contributed by atoms with van der Waals surface area (Å²) >= 11 is 0. The van der Waals surface area contributed by atoms with Crippen molar-refractivity contribution in [2.45, 2.75) is 47.5 Å². The predicted octanol–water partition coefficient (Wildman–Crippen LogP) is 3.79. The Kier molecular flexibility index (Phi) is 24.9. The van der Waals surface area contributed by atoms with Gasteiger partial charge in [0, 0.05) is 6.61 Å². The molecule has 96 valence electrons. The average molecular weight is 227 g/mol. The van der Waals surface area contributed by atoms with Crippen LogP contribution in [0.25, 0.3) is 0 Å². The lowest BCUT2D eigenvalue weighted by Gasteiger charge is -1.95. The van der Waals surface area contributed by atoms with E-state index in [-0.39, 0.29) is 6.61 Å². The number of rotatable bonds is 5. The van der Waals surface area contributed by atoms with Gasteiger partial charge in [-0.25, -0.2) is 0 Å². The van der Waals surface area contributed by atoms with E-state index in [1.807, 2.05) is 46.8 Å². The molecule has 0 spiro atoms. The first-order valence-electron chi connectivity index (χ1n) is 6.03. The molecule has 0 amide bonds. The molecule has 0 aromatic carbocycles. The molecule has 0 aliphatic carbocycles. The molecule has 0 rings (SSSR count). The van der Waals surface area contributed by atoms with Gasteiger partial charge in [-0.15, -0.1) is 0 Å². The lowest BCUT2D eigenvalue weighted by atomic mass is 10.1. The number of hydrogen-bond donors (Lipinski definition) is 2. The lowest BCUT2D eigenvalue weighted by Crippen LogP contribution is -1.84. The minimum atomic E-state index is 0.162. The fraction of sp³-hybridized carbons (Fsp3) is 0.571. The summed E-state index contributed by atoms with van der Waals surface area (Å²) in [6.45, 7) is 13.9. The molecule has 0 aliphatic rings. The van der Waals surface area contributed by atoms with Gasteiger partial charge in [0.2, 0.25) is 0 Å². The van der Waals surface area contributed by atoms with Crippen molar-refractivity contribution in [1.29, 1.82) is 0 Å². The molecule has 0 aliphatic heterocycles. The Hall–Kier alpha value is -1.02. The van der Waals surface area contributed by atoms with Gasteiger partial charge in [-0.3, -0.25) is 0 Å². The number of allylic oxidation sites excluding steroid dienone is 3. The molecular weight excluding hydrogens is 198 g/mol. The van der Waals surface area contributed by atoms with Gasteiger partial charge in [-0.1, -0.05) is 57.6 Å². The molecule has 0 unspecified atom stereocenters. The quantitative estimate of drug-likeness (QED) is 0.702. The van der Waals surface area contributed by atoms with Crippen molar-refractivity contribution < 1.29 is 5.11 Å². The Morgan fingerprint density at radius 3 is 2.12 bits per heavy atom.